The maximum Gasteiger partial charge on any atom is 0.244 e. The molecule has 0 bridgehead atoms. The van der Waals surface area contributed by atoms with Gasteiger partial charge < -0.3 is 15.2 Å². The maximum atomic E-state index is 12.7. The lowest BCUT2D eigenvalue weighted by Gasteiger charge is -2.20. The van der Waals surface area contributed by atoms with Crippen LogP contribution in [0.1, 0.15) is 19.3 Å². The van der Waals surface area contributed by atoms with Gasteiger partial charge in [-0.1, -0.05) is 6.42 Å². The van der Waals surface area contributed by atoms with Crippen molar-refractivity contribution in [2.75, 3.05) is 20.8 Å². The first kappa shape index (κ1) is 17.5. The minimum Gasteiger partial charge on any atom is -0.495 e. The van der Waals surface area contributed by atoms with Gasteiger partial charge in [0.05, 0.1) is 18.7 Å². The third-order valence-corrected chi connectivity index (χ3v) is 6.13. The monoisotopic (exact) mass is 392 g/mol. The molecule has 1 aromatic carbocycles. The Morgan fingerprint density at radius 2 is 1.95 bits per heavy atom. The number of halogens is 1. The number of sulfonamides is 1. The molecule has 1 aliphatic rings. The van der Waals surface area contributed by atoms with Crippen LogP contribution in [0.4, 0.5) is 0 Å². The molecule has 0 saturated heterocycles. The fourth-order valence-corrected chi connectivity index (χ4v) is 4.95. The Morgan fingerprint density at radius 1 is 1.27 bits per heavy atom. The topological polar surface area (TPSA) is 90.6 Å². The van der Waals surface area contributed by atoms with E-state index < -0.39 is 10.0 Å². The molecular weight excluding hydrogens is 372 g/mol. The normalized spacial score (nSPS) is 21.8. The number of methoxy groups -OCH3 is 2. The minimum absolute atomic E-state index is 0.0883. The van der Waals surface area contributed by atoms with Crippen molar-refractivity contribution in [2.45, 2.75) is 30.2 Å². The maximum absolute atomic E-state index is 12.7. The molecule has 2 atom stereocenters. The van der Waals surface area contributed by atoms with Crippen molar-refractivity contribution in [2.24, 2.45) is 11.7 Å². The second-order valence-electron chi connectivity index (χ2n) is 5.29. The lowest BCUT2D eigenvalue weighted by Crippen LogP contribution is -2.39. The van der Waals surface area contributed by atoms with E-state index in [1.165, 1.54) is 20.3 Å². The van der Waals surface area contributed by atoms with Crippen molar-refractivity contribution < 1.29 is 17.9 Å². The van der Waals surface area contributed by atoms with Gasteiger partial charge >= 0.3 is 0 Å². The first-order valence-electron chi connectivity index (χ1n) is 7.07. The summed E-state index contributed by atoms with van der Waals surface area (Å²) in [5.41, 5.74) is 5.72. The molecule has 22 heavy (non-hydrogen) atoms. The molecule has 0 heterocycles. The van der Waals surface area contributed by atoms with Crippen LogP contribution in [0.3, 0.4) is 0 Å². The van der Waals surface area contributed by atoms with Gasteiger partial charge in [0.2, 0.25) is 10.0 Å². The van der Waals surface area contributed by atoms with Crippen molar-refractivity contribution in [1.29, 1.82) is 0 Å². The summed E-state index contributed by atoms with van der Waals surface area (Å²) in [7, 11) is -0.752. The molecule has 2 rings (SSSR count). The van der Waals surface area contributed by atoms with Crippen molar-refractivity contribution >= 4 is 26.0 Å². The summed E-state index contributed by atoms with van der Waals surface area (Å²) in [5, 5.41) is 0. The van der Waals surface area contributed by atoms with E-state index in [1.54, 1.807) is 6.07 Å². The third-order valence-electron chi connectivity index (χ3n) is 4.00. The summed E-state index contributed by atoms with van der Waals surface area (Å²) in [6.45, 7) is 0.483. The van der Waals surface area contributed by atoms with E-state index in [1.807, 2.05) is 0 Å². The lowest BCUT2D eigenvalue weighted by atomic mass is 10.1. The minimum atomic E-state index is -3.69. The Kier molecular flexibility index (Phi) is 5.70. The van der Waals surface area contributed by atoms with Gasteiger partial charge in [0, 0.05) is 12.1 Å². The molecule has 8 heteroatoms. The van der Waals surface area contributed by atoms with Crippen LogP contribution in [0.15, 0.2) is 21.5 Å². The highest BCUT2D eigenvalue weighted by molar-refractivity contribution is 9.10. The summed E-state index contributed by atoms with van der Waals surface area (Å²) in [4.78, 5) is 0.0883. The molecule has 0 aromatic heterocycles. The highest BCUT2D eigenvalue weighted by atomic mass is 79.9. The average molecular weight is 393 g/mol. The Labute approximate surface area is 139 Å². The van der Waals surface area contributed by atoms with Crippen LogP contribution in [0, 0.1) is 5.92 Å². The van der Waals surface area contributed by atoms with E-state index >= 15 is 0 Å². The number of ether oxygens (including phenoxy) is 2. The molecule has 3 N–H and O–H groups in total. The highest BCUT2D eigenvalue weighted by Gasteiger charge is 2.32. The van der Waals surface area contributed by atoms with Crippen LogP contribution < -0.4 is 19.9 Å². The number of benzene rings is 1. The van der Waals surface area contributed by atoms with Crippen LogP contribution >= 0.6 is 15.9 Å². The molecule has 1 aliphatic carbocycles. The van der Waals surface area contributed by atoms with Crippen molar-refractivity contribution in [1.82, 2.24) is 4.72 Å². The predicted molar refractivity (Wildman–Crippen MR) is 87.8 cm³/mol. The lowest BCUT2D eigenvalue weighted by molar-refractivity contribution is 0.383. The van der Waals surface area contributed by atoms with E-state index in [0.29, 0.717) is 16.8 Å². The number of rotatable bonds is 6. The Hall–Kier alpha value is -0.830. The number of hydrogen-bond acceptors (Lipinski definition) is 5. The first-order valence-corrected chi connectivity index (χ1v) is 9.34. The second-order valence-corrected chi connectivity index (χ2v) is 7.83. The van der Waals surface area contributed by atoms with Crippen LogP contribution in [0.25, 0.3) is 0 Å². The zero-order valence-electron chi connectivity index (χ0n) is 12.6. The fraction of sp³-hybridized carbons (Fsp3) is 0.571. The molecule has 0 spiro atoms. The molecule has 1 saturated carbocycles. The first-order chi connectivity index (χ1) is 10.4. The molecular formula is C14H21BrN2O4S. The SMILES string of the molecule is COc1cc(OC)c(S(=O)(=O)NC2CCCC2CN)cc1Br. The smallest absolute Gasteiger partial charge is 0.244 e. The summed E-state index contributed by atoms with van der Waals surface area (Å²) in [6, 6.07) is 2.92. The average Bonchev–Trinajstić information content (AvgIpc) is 2.93. The zero-order chi connectivity index (χ0) is 16.3. The molecule has 2 unspecified atom stereocenters. The van der Waals surface area contributed by atoms with Gasteiger partial charge in [-0.2, -0.15) is 0 Å². The molecule has 124 valence electrons. The van der Waals surface area contributed by atoms with Gasteiger partial charge in [-0.3, -0.25) is 0 Å². The van der Waals surface area contributed by atoms with Gasteiger partial charge in [0.15, 0.2) is 0 Å². The summed E-state index contributed by atoms with van der Waals surface area (Å²) in [5.74, 6) is 0.939. The standard InChI is InChI=1S/C14H21BrN2O4S/c1-20-12-7-13(21-2)14(6-10(12)15)22(18,19)17-11-5-3-4-9(11)8-16/h6-7,9,11,17H,3-5,8,16H2,1-2H3. The van der Waals surface area contributed by atoms with Gasteiger partial charge in [0.1, 0.15) is 16.4 Å². The second kappa shape index (κ2) is 7.16. The summed E-state index contributed by atoms with van der Waals surface area (Å²) in [6.07, 6.45) is 2.74. The molecule has 1 aromatic rings. The van der Waals surface area contributed by atoms with Gasteiger partial charge in [0.25, 0.3) is 0 Å². The number of nitrogens with one attached hydrogen (secondary N) is 1. The summed E-state index contributed by atoms with van der Waals surface area (Å²) < 4.78 is 39.1. The van der Waals surface area contributed by atoms with Crippen molar-refractivity contribution in [3.8, 4) is 11.5 Å². The van der Waals surface area contributed by atoms with E-state index in [2.05, 4.69) is 20.7 Å². The van der Waals surface area contributed by atoms with Crippen LogP contribution in [-0.4, -0.2) is 35.2 Å². The van der Waals surface area contributed by atoms with E-state index in [4.69, 9.17) is 15.2 Å². The molecule has 0 aliphatic heterocycles. The van der Waals surface area contributed by atoms with Crippen molar-refractivity contribution in [3.05, 3.63) is 16.6 Å². The zero-order valence-corrected chi connectivity index (χ0v) is 15.0. The van der Waals surface area contributed by atoms with E-state index in [9.17, 15) is 8.42 Å². The van der Waals surface area contributed by atoms with Crippen LogP contribution in [0.2, 0.25) is 0 Å². The van der Waals surface area contributed by atoms with Gasteiger partial charge in [-0.25, -0.2) is 13.1 Å². The van der Waals surface area contributed by atoms with Gasteiger partial charge in [-0.15, -0.1) is 0 Å². The highest BCUT2D eigenvalue weighted by Crippen LogP contribution is 2.36. The van der Waals surface area contributed by atoms with Gasteiger partial charge in [-0.05, 0) is 47.3 Å². The fourth-order valence-electron chi connectivity index (χ4n) is 2.78. The number of nitrogens with two attached hydrogens (primary N) is 1. The van der Waals surface area contributed by atoms with Crippen LogP contribution in [0.5, 0.6) is 11.5 Å². The third kappa shape index (κ3) is 3.56. The largest absolute Gasteiger partial charge is 0.495 e. The molecule has 1 fully saturated rings. The Morgan fingerprint density at radius 3 is 2.55 bits per heavy atom. The molecule has 0 amide bonds. The van der Waals surface area contributed by atoms with E-state index in [0.717, 1.165) is 19.3 Å². The predicted octanol–water partition coefficient (Wildman–Crippen LogP) is 1.87. The quantitative estimate of drug-likeness (QED) is 0.770. The van der Waals surface area contributed by atoms with E-state index in [-0.39, 0.29) is 22.6 Å². The van der Waals surface area contributed by atoms with Crippen LogP contribution in [-0.2, 0) is 10.0 Å². The molecule has 6 nitrogen and oxygen atoms in total. The Balaban J connectivity index is 2.34. The molecule has 0 radical (unpaired) electrons. The number of hydrogen-bond donors (Lipinski definition) is 2. The van der Waals surface area contributed by atoms with Crippen molar-refractivity contribution in [3.63, 3.8) is 0 Å². The summed E-state index contributed by atoms with van der Waals surface area (Å²) >= 11 is 3.31. The Bertz CT molecular complexity index is 636.